The van der Waals surface area contributed by atoms with Crippen LogP contribution in [-0.2, 0) is 16.1 Å². The predicted octanol–water partition coefficient (Wildman–Crippen LogP) is 1.88. The molecular weight excluding hydrogens is 340 g/mol. The Labute approximate surface area is 152 Å². The quantitative estimate of drug-likeness (QED) is 0.867. The van der Waals surface area contributed by atoms with Gasteiger partial charge in [-0.3, -0.25) is 14.5 Å². The zero-order valence-electron chi connectivity index (χ0n) is 14.8. The fourth-order valence-corrected chi connectivity index (χ4v) is 3.55. The van der Waals surface area contributed by atoms with Crippen LogP contribution in [0, 0.1) is 5.92 Å². The lowest BCUT2D eigenvalue weighted by molar-refractivity contribution is -0.141. The number of amides is 2. The molecule has 1 unspecified atom stereocenters. The molecule has 1 aromatic rings. The summed E-state index contributed by atoms with van der Waals surface area (Å²) < 4.78 is 26.5. The SMILES string of the molecule is O=C(CN1CCC(C(=O)N2CCC(F)(F)CC2)C1)NCc1ccccc1. The third-order valence-corrected chi connectivity index (χ3v) is 5.13. The second-order valence-corrected chi connectivity index (χ2v) is 7.16. The van der Waals surface area contributed by atoms with Gasteiger partial charge in [-0.05, 0) is 18.5 Å². The number of nitrogens with one attached hydrogen (secondary N) is 1. The van der Waals surface area contributed by atoms with E-state index in [0.717, 1.165) is 5.56 Å². The van der Waals surface area contributed by atoms with Gasteiger partial charge in [0.05, 0.1) is 12.5 Å². The molecule has 2 aliphatic rings. The van der Waals surface area contributed by atoms with Crippen molar-refractivity contribution in [3.05, 3.63) is 35.9 Å². The molecule has 3 rings (SSSR count). The van der Waals surface area contributed by atoms with Gasteiger partial charge in [-0.2, -0.15) is 0 Å². The fourth-order valence-electron chi connectivity index (χ4n) is 3.55. The van der Waals surface area contributed by atoms with Crippen LogP contribution in [0.5, 0.6) is 0 Å². The highest BCUT2D eigenvalue weighted by Crippen LogP contribution is 2.29. The van der Waals surface area contributed by atoms with Crippen molar-refractivity contribution < 1.29 is 18.4 Å². The van der Waals surface area contributed by atoms with Gasteiger partial charge in [0, 0.05) is 39.0 Å². The zero-order valence-corrected chi connectivity index (χ0v) is 14.8. The predicted molar refractivity (Wildman–Crippen MR) is 93.6 cm³/mol. The number of hydrogen-bond acceptors (Lipinski definition) is 3. The summed E-state index contributed by atoms with van der Waals surface area (Å²) in [6.07, 6.45) is 0.172. The molecule has 26 heavy (non-hydrogen) atoms. The number of carbonyl (C=O) groups is 2. The monoisotopic (exact) mass is 365 g/mol. The Balaban J connectivity index is 1.40. The number of hydrogen-bond donors (Lipinski definition) is 1. The first-order valence-corrected chi connectivity index (χ1v) is 9.12. The second-order valence-electron chi connectivity index (χ2n) is 7.16. The van der Waals surface area contributed by atoms with Crippen LogP contribution in [0.15, 0.2) is 30.3 Å². The van der Waals surface area contributed by atoms with Crippen molar-refractivity contribution >= 4 is 11.8 Å². The second kappa shape index (κ2) is 8.12. The van der Waals surface area contributed by atoms with Gasteiger partial charge >= 0.3 is 0 Å². The van der Waals surface area contributed by atoms with Crippen molar-refractivity contribution in [3.63, 3.8) is 0 Å². The molecular formula is C19H25F2N3O2. The highest BCUT2D eigenvalue weighted by Gasteiger charge is 2.38. The first-order valence-electron chi connectivity index (χ1n) is 9.12. The molecule has 0 saturated carbocycles. The molecule has 2 saturated heterocycles. The molecule has 1 aromatic carbocycles. The van der Waals surface area contributed by atoms with Crippen molar-refractivity contribution in [2.45, 2.75) is 31.7 Å². The maximum atomic E-state index is 13.2. The van der Waals surface area contributed by atoms with E-state index >= 15 is 0 Å². The van der Waals surface area contributed by atoms with E-state index in [0.29, 0.717) is 26.1 Å². The number of benzene rings is 1. The summed E-state index contributed by atoms with van der Waals surface area (Å²) >= 11 is 0. The summed E-state index contributed by atoms with van der Waals surface area (Å²) in [5.74, 6) is -2.95. The molecule has 2 amide bonds. The summed E-state index contributed by atoms with van der Waals surface area (Å²) in [5.41, 5.74) is 1.04. The largest absolute Gasteiger partial charge is 0.351 e. The number of rotatable bonds is 5. The van der Waals surface area contributed by atoms with Gasteiger partial charge in [-0.1, -0.05) is 30.3 Å². The molecule has 0 aliphatic carbocycles. The summed E-state index contributed by atoms with van der Waals surface area (Å²) in [6.45, 7) is 2.19. The first-order chi connectivity index (χ1) is 12.4. The Bertz CT molecular complexity index is 629. The van der Waals surface area contributed by atoms with Crippen molar-refractivity contribution in [1.29, 1.82) is 0 Å². The first kappa shape index (κ1) is 18.8. The van der Waals surface area contributed by atoms with E-state index in [-0.39, 0.29) is 50.2 Å². The van der Waals surface area contributed by atoms with Gasteiger partial charge in [0.2, 0.25) is 11.8 Å². The maximum Gasteiger partial charge on any atom is 0.251 e. The molecule has 1 N–H and O–H groups in total. The highest BCUT2D eigenvalue weighted by molar-refractivity contribution is 5.80. The van der Waals surface area contributed by atoms with Gasteiger partial charge in [0.1, 0.15) is 0 Å². The van der Waals surface area contributed by atoms with Crippen LogP contribution >= 0.6 is 0 Å². The highest BCUT2D eigenvalue weighted by atomic mass is 19.3. The van der Waals surface area contributed by atoms with Crippen LogP contribution in [0.1, 0.15) is 24.8 Å². The standard InChI is InChI=1S/C19H25F2N3O2/c20-19(21)7-10-24(11-8-19)18(26)16-6-9-23(13-16)14-17(25)22-12-15-4-2-1-3-5-15/h1-5,16H,6-14H2,(H,22,25). The van der Waals surface area contributed by atoms with Crippen molar-refractivity contribution in [1.82, 2.24) is 15.1 Å². The molecule has 0 aromatic heterocycles. The van der Waals surface area contributed by atoms with Crippen molar-refractivity contribution in [2.75, 3.05) is 32.7 Å². The van der Waals surface area contributed by atoms with E-state index in [1.54, 1.807) is 4.90 Å². The Morgan fingerprint density at radius 2 is 1.81 bits per heavy atom. The smallest absolute Gasteiger partial charge is 0.251 e. The summed E-state index contributed by atoms with van der Waals surface area (Å²) in [5, 5.41) is 2.88. The van der Waals surface area contributed by atoms with Crippen LogP contribution in [-0.4, -0.2) is 60.3 Å². The summed E-state index contributed by atoms with van der Waals surface area (Å²) in [4.78, 5) is 28.1. The molecule has 2 heterocycles. The lowest BCUT2D eigenvalue weighted by atomic mass is 10.0. The van der Waals surface area contributed by atoms with Crippen LogP contribution in [0.3, 0.4) is 0 Å². The van der Waals surface area contributed by atoms with E-state index in [1.165, 1.54) is 0 Å². The molecule has 5 nitrogen and oxygen atoms in total. The van der Waals surface area contributed by atoms with Crippen molar-refractivity contribution in [2.24, 2.45) is 5.92 Å². The minimum atomic E-state index is -2.64. The van der Waals surface area contributed by atoms with Gasteiger partial charge in [0.25, 0.3) is 5.92 Å². The van der Waals surface area contributed by atoms with E-state index in [9.17, 15) is 18.4 Å². The summed E-state index contributed by atoms with van der Waals surface area (Å²) in [7, 11) is 0. The lowest BCUT2D eigenvalue weighted by Crippen LogP contribution is -2.45. The summed E-state index contributed by atoms with van der Waals surface area (Å²) in [6, 6.07) is 9.68. The number of alkyl halides is 2. The van der Waals surface area contributed by atoms with Gasteiger partial charge in [-0.15, -0.1) is 0 Å². The molecule has 2 aliphatic heterocycles. The third-order valence-electron chi connectivity index (χ3n) is 5.13. The van der Waals surface area contributed by atoms with Crippen LogP contribution < -0.4 is 5.32 Å². The molecule has 0 bridgehead atoms. The lowest BCUT2D eigenvalue weighted by Gasteiger charge is -2.33. The molecule has 0 spiro atoms. The molecule has 0 radical (unpaired) electrons. The minimum absolute atomic E-state index is 0.0484. The third kappa shape index (κ3) is 5.00. The average Bonchev–Trinajstić information content (AvgIpc) is 3.09. The molecule has 2 fully saturated rings. The Kier molecular flexibility index (Phi) is 5.86. The molecule has 1 atom stereocenters. The Morgan fingerprint density at radius 1 is 1.12 bits per heavy atom. The average molecular weight is 365 g/mol. The Morgan fingerprint density at radius 3 is 2.50 bits per heavy atom. The fraction of sp³-hybridized carbons (Fsp3) is 0.579. The number of likely N-dealkylation sites (tertiary alicyclic amines) is 2. The van der Waals surface area contributed by atoms with Crippen LogP contribution in [0.25, 0.3) is 0 Å². The van der Waals surface area contributed by atoms with Crippen LogP contribution in [0.2, 0.25) is 0 Å². The number of piperidine rings is 1. The maximum absolute atomic E-state index is 13.2. The number of carbonyl (C=O) groups excluding carboxylic acids is 2. The van der Waals surface area contributed by atoms with Gasteiger partial charge in [0.15, 0.2) is 0 Å². The van der Waals surface area contributed by atoms with Crippen molar-refractivity contribution in [3.8, 4) is 0 Å². The van der Waals surface area contributed by atoms with Crippen LogP contribution in [0.4, 0.5) is 8.78 Å². The number of nitrogens with zero attached hydrogens (tertiary/aromatic N) is 2. The van der Waals surface area contributed by atoms with Gasteiger partial charge in [-0.25, -0.2) is 8.78 Å². The van der Waals surface area contributed by atoms with E-state index in [1.807, 2.05) is 35.2 Å². The molecule has 7 heteroatoms. The Hall–Kier alpha value is -2.02. The van der Waals surface area contributed by atoms with Gasteiger partial charge < -0.3 is 10.2 Å². The van der Waals surface area contributed by atoms with E-state index in [4.69, 9.17) is 0 Å². The minimum Gasteiger partial charge on any atom is -0.351 e. The van der Waals surface area contributed by atoms with E-state index in [2.05, 4.69) is 5.32 Å². The zero-order chi connectivity index (χ0) is 18.6. The topological polar surface area (TPSA) is 52.7 Å². The normalized spacial score (nSPS) is 23.0. The van der Waals surface area contributed by atoms with E-state index < -0.39 is 5.92 Å². The molecule has 142 valence electrons. The number of halogens is 2.